The van der Waals surface area contributed by atoms with Crippen molar-refractivity contribution in [2.45, 2.75) is 18.9 Å². The summed E-state index contributed by atoms with van der Waals surface area (Å²) in [5.74, 6) is -0.760. The van der Waals surface area contributed by atoms with Gasteiger partial charge < -0.3 is 10.6 Å². The number of rotatable bonds is 6. The predicted molar refractivity (Wildman–Crippen MR) is 118 cm³/mol. The number of nitrogens with one attached hydrogen (secondary N) is 2. The van der Waals surface area contributed by atoms with E-state index in [-0.39, 0.29) is 30.2 Å². The van der Waals surface area contributed by atoms with Gasteiger partial charge in [0, 0.05) is 29.7 Å². The molecule has 1 saturated heterocycles. The van der Waals surface area contributed by atoms with Crippen LogP contribution in [0.2, 0.25) is 5.02 Å². The van der Waals surface area contributed by atoms with E-state index in [0.717, 1.165) is 12.8 Å². The Balaban J connectivity index is 1.28. The third-order valence-corrected chi connectivity index (χ3v) is 5.53. The van der Waals surface area contributed by atoms with Gasteiger partial charge in [0.1, 0.15) is 18.5 Å². The highest BCUT2D eigenvalue weighted by Gasteiger charge is 2.23. The Morgan fingerprint density at radius 3 is 2.56 bits per heavy atom. The van der Waals surface area contributed by atoms with Gasteiger partial charge in [-0.25, -0.2) is 14.1 Å². The average Bonchev–Trinajstić information content (AvgIpc) is 3.30. The number of hydrogen-bond acceptors (Lipinski definition) is 5. The van der Waals surface area contributed by atoms with Crippen molar-refractivity contribution in [2.75, 3.05) is 25.0 Å². The lowest BCUT2D eigenvalue weighted by Crippen LogP contribution is -2.46. The van der Waals surface area contributed by atoms with Crippen LogP contribution in [0.15, 0.2) is 55.1 Å². The Hall–Kier alpha value is -3.30. The van der Waals surface area contributed by atoms with E-state index in [9.17, 15) is 14.0 Å². The molecule has 2 aromatic carbocycles. The molecule has 4 rings (SSSR count). The summed E-state index contributed by atoms with van der Waals surface area (Å²) in [6.45, 7) is 1.57. The normalized spacial score (nSPS) is 14.8. The van der Waals surface area contributed by atoms with Gasteiger partial charge in [-0.2, -0.15) is 5.10 Å². The monoisotopic (exact) mass is 456 g/mol. The van der Waals surface area contributed by atoms with Crippen molar-refractivity contribution < 1.29 is 14.0 Å². The van der Waals surface area contributed by atoms with Gasteiger partial charge in [-0.15, -0.1) is 0 Å². The first-order valence-electron chi connectivity index (χ1n) is 10.2. The Morgan fingerprint density at radius 1 is 1.12 bits per heavy atom. The van der Waals surface area contributed by atoms with Crippen molar-refractivity contribution in [2.24, 2.45) is 0 Å². The molecule has 0 unspecified atom stereocenters. The first-order valence-corrected chi connectivity index (χ1v) is 10.6. The number of carbonyl (C=O) groups excluding carboxylic acids is 2. The number of likely N-dealkylation sites (tertiary alicyclic amines) is 1. The molecule has 0 bridgehead atoms. The maximum Gasteiger partial charge on any atom is 0.251 e. The highest BCUT2D eigenvalue weighted by molar-refractivity contribution is 6.31. The van der Waals surface area contributed by atoms with Gasteiger partial charge in [0.25, 0.3) is 5.91 Å². The van der Waals surface area contributed by atoms with Crippen molar-refractivity contribution in [3.63, 3.8) is 0 Å². The number of piperidine rings is 1. The topological polar surface area (TPSA) is 92.2 Å². The minimum Gasteiger partial charge on any atom is -0.349 e. The molecule has 1 fully saturated rings. The van der Waals surface area contributed by atoms with Crippen LogP contribution in [0.1, 0.15) is 23.2 Å². The van der Waals surface area contributed by atoms with Crippen LogP contribution in [-0.2, 0) is 4.79 Å². The summed E-state index contributed by atoms with van der Waals surface area (Å²) < 4.78 is 14.6. The number of nitrogens with zero attached hydrogens (tertiary/aromatic N) is 4. The van der Waals surface area contributed by atoms with E-state index < -0.39 is 0 Å². The second-order valence-corrected chi connectivity index (χ2v) is 8.02. The van der Waals surface area contributed by atoms with Crippen LogP contribution in [0.5, 0.6) is 0 Å². The molecule has 1 aromatic heterocycles. The number of halogens is 2. The maximum absolute atomic E-state index is 13.0. The molecule has 2 heterocycles. The van der Waals surface area contributed by atoms with E-state index in [1.54, 1.807) is 29.2 Å². The lowest BCUT2D eigenvalue weighted by atomic mass is 10.0. The molecule has 2 amide bonds. The fraction of sp³-hybridized carbons (Fsp3) is 0.273. The van der Waals surface area contributed by atoms with Gasteiger partial charge in [-0.3, -0.25) is 14.5 Å². The van der Waals surface area contributed by atoms with Crippen LogP contribution in [-0.4, -0.2) is 57.2 Å². The largest absolute Gasteiger partial charge is 0.349 e. The molecule has 10 heteroatoms. The molecule has 3 aromatic rings. The molecule has 1 aliphatic heterocycles. The molecule has 166 valence electrons. The van der Waals surface area contributed by atoms with E-state index >= 15 is 0 Å². The number of carbonyl (C=O) groups is 2. The van der Waals surface area contributed by atoms with Gasteiger partial charge in [0.2, 0.25) is 5.91 Å². The lowest BCUT2D eigenvalue weighted by molar-refractivity contribution is -0.117. The van der Waals surface area contributed by atoms with E-state index in [4.69, 9.17) is 11.6 Å². The predicted octanol–water partition coefficient (Wildman–Crippen LogP) is 2.89. The summed E-state index contributed by atoms with van der Waals surface area (Å²) in [7, 11) is 0. The maximum atomic E-state index is 13.0. The van der Waals surface area contributed by atoms with Gasteiger partial charge in [-0.1, -0.05) is 11.6 Å². The fourth-order valence-corrected chi connectivity index (χ4v) is 3.81. The van der Waals surface area contributed by atoms with E-state index in [0.29, 0.717) is 35.1 Å². The zero-order chi connectivity index (χ0) is 22.5. The van der Waals surface area contributed by atoms with E-state index in [1.165, 1.54) is 30.6 Å². The molecule has 0 spiro atoms. The minimum atomic E-state index is -0.376. The molecule has 8 nitrogen and oxygen atoms in total. The number of benzene rings is 2. The zero-order valence-electron chi connectivity index (χ0n) is 17.2. The first kappa shape index (κ1) is 21.9. The van der Waals surface area contributed by atoms with Gasteiger partial charge in [0.05, 0.1) is 17.9 Å². The lowest BCUT2D eigenvalue weighted by Gasteiger charge is -2.31. The molecule has 2 N–H and O–H groups in total. The number of anilines is 1. The Kier molecular flexibility index (Phi) is 6.77. The van der Waals surface area contributed by atoms with Crippen molar-refractivity contribution in [3.8, 4) is 5.69 Å². The molecule has 0 atom stereocenters. The Morgan fingerprint density at radius 2 is 1.88 bits per heavy atom. The minimum absolute atomic E-state index is 0.0127. The van der Waals surface area contributed by atoms with Crippen LogP contribution in [0.25, 0.3) is 5.69 Å². The summed E-state index contributed by atoms with van der Waals surface area (Å²) in [6, 6.07) is 10.6. The second kappa shape index (κ2) is 9.88. The van der Waals surface area contributed by atoms with Crippen molar-refractivity contribution in [1.29, 1.82) is 0 Å². The van der Waals surface area contributed by atoms with Crippen molar-refractivity contribution in [1.82, 2.24) is 25.0 Å². The Bertz CT molecular complexity index is 1080. The summed E-state index contributed by atoms with van der Waals surface area (Å²) in [4.78, 5) is 30.9. The standard InChI is InChI=1S/C22H22ClFN6O2/c23-16-3-6-20(30-14-25-13-26-30)19(11-16)28-21(31)12-29-9-7-18(8-10-29)27-22(32)15-1-4-17(24)5-2-15/h1-6,11,13-14,18H,7-10,12H2,(H,27,32)(H,28,31). The summed E-state index contributed by atoms with van der Waals surface area (Å²) in [6.07, 6.45) is 4.41. The highest BCUT2D eigenvalue weighted by atomic mass is 35.5. The van der Waals surface area contributed by atoms with Crippen LogP contribution < -0.4 is 10.6 Å². The van der Waals surface area contributed by atoms with Gasteiger partial charge in [0.15, 0.2) is 0 Å². The van der Waals surface area contributed by atoms with Crippen LogP contribution in [0, 0.1) is 5.82 Å². The summed E-state index contributed by atoms with van der Waals surface area (Å²) in [5, 5.41) is 10.5. The van der Waals surface area contributed by atoms with Crippen LogP contribution >= 0.6 is 11.6 Å². The first-order chi connectivity index (χ1) is 15.5. The molecular weight excluding hydrogens is 435 g/mol. The third kappa shape index (κ3) is 5.49. The fourth-order valence-electron chi connectivity index (χ4n) is 3.64. The second-order valence-electron chi connectivity index (χ2n) is 7.58. The molecule has 0 saturated carbocycles. The quantitative estimate of drug-likeness (QED) is 0.595. The van der Waals surface area contributed by atoms with E-state index in [2.05, 4.69) is 20.7 Å². The van der Waals surface area contributed by atoms with Crippen LogP contribution in [0.4, 0.5) is 10.1 Å². The number of aromatic nitrogens is 3. The summed E-state index contributed by atoms with van der Waals surface area (Å²) in [5.41, 5.74) is 1.65. The van der Waals surface area contributed by atoms with Crippen molar-refractivity contribution >= 4 is 29.1 Å². The van der Waals surface area contributed by atoms with Crippen LogP contribution in [0.3, 0.4) is 0 Å². The van der Waals surface area contributed by atoms with Gasteiger partial charge in [-0.05, 0) is 55.3 Å². The summed E-state index contributed by atoms with van der Waals surface area (Å²) >= 11 is 6.10. The zero-order valence-corrected chi connectivity index (χ0v) is 17.9. The number of amides is 2. The molecule has 1 aliphatic rings. The molecule has 0 radical (unpaired) electrons. The third-order valence-electron chi connectivity index (χ3n) is 5.29. The van der Waals surface area contributed by atoms with E-state index in [1.807, 2.05) is 4.90 Å². The SMILES string of the molecule is O=C(CN1CCC(NC(=O)c2ccc(F)cc2)CC1)Nc1cc(Cl)ccc1-n1cncn1. The molecule has 32 heavy (non-hydrogen) atoms. The Labute approximate surface area is 189 Å². The highest BCUT2D eigenvalue weighted by Crippen LogP contribution is 2.24. The number of hydrogen-bond donors (Lipinski definition) is 2. The molecule has 0 aliphatic carbocycles. The average molecular weight is 457 g/mol. The van der Waals surface area contributed by atoms with Gasteiger partial charge >= 0.3 is 0 Å². The van der Waals surface area contributed by atoms with Crippen molar-refractivity contribution in [3.05, 3.63) is 71.5 Å². The smallest absolute Gasteiger partial charge is 0.251 e. The molecular formula is C22H22ClFN6O2.